The molecule has 0 unspecified atom stereocenters. The van der Waals surface area contributed by atoms with Gasteiger partial charge in [0.15, 0.2) is 5.12 Å². The van der Waals surface area contributed by atoms with Crippen molar-refractivity contribution in [3.63, 3.8) is 0 Å². The first-order valence-corrected chi connectivity index (χ1v) is 6.16. The van der Waals surface area contributed by atoms with Gasteiger partial charge in [0.2, 0.25) is 0 Å². The van der Waals surface area contributed by atoms with E-state index in [2.05, 4.69) is 4.90 Å². The van der Waals surface area contributed by atoms with Crippen molar-refractivity contribution in [3.05, 3.63) is 0 Å². The van der Waals surface area contributed by atoms with Gasteiger partial charge in [0.05, 0.1) is 13.2 Å². The average molecular weight is 233 g/mol. The number of carbonyl (C=O) groups excluding carboxylic acids is 1. The van der Waals surface area contributed by atoms with Crippen LogP contribution in [0.1, 0.15) is 28.5 Å². The second-order valence-corrected chi connectivity index (χ2v) is 6.20. The van der Waals surface area contributed by atoms with Crippen LogP contribution >= 0.6 is 11.8 Å². The summed E-state index contributed by atoms with van der Waals surface area (Å²) in [5.41, 5.74) is 0. The van der Waals surface area contributed by atoms with E-state index in [1.54, 1.807) is 0 Å². The van der Waals surface area contributed by atoms with Crippen molar-refractivity contribution in [1.82, 2.24) is 4.90 Å². The largest absolute Gasteiger partial charge is 0.379 e. The molecule has 1 fully saturated rings. The highest BCUT2D eigenvalue weighted by Gasteiger charge is 2.18. The van der Waals surface area contributed by atoms with E-state index in [4.69, 9.17) is 6.11 Å². The Morgan fingerprint density at radius 2 is 2.20 bits per heavy atom. The molecule has 0 saturated carbocycles. The lowest BCUT2D eigenvalue weighted by molar-refractivity contribution is -0.111. The number of hydrogen-bond donors (Lipinski definition) is 0. The Morgan fingerprint density at radius 1 is 1.53 bits per heavy atom. The molecule has 4 heteroatoms. The maximum atomic E-state index is 11.7. The highest BCUT2D eigenvalue weighted by Crippen LogP contribution is 2.25. The summed E-state index contributed by atoms with van der Waals surface area (Å²) in [4.78, 5) is 13.9. The van der Waals surface area contributed by atoms with E-state index in [1.807, 2.05) is 13.8 Å². The second-order valence-electron chi connectivity index (χ2n) is 4.44. The second kappa shape index (κ2) is 5.87. The maximum absolute atomic E-state index is 11.7. The van der Waals surface area contributed by atoms with Crippen molar-refractivity contribution >= 4 is 16.9 Å². The molecule has 0 aliphatic carbocycles. The molecule has 0 aromatic rings. The molecule has 88 valence electrons. The predicted molar refractivity (Wildman–Crippen MR) is 64.2 cm³/mol. The van der Waals surface area contributed by atoms with E-state index in [0.29, 0.717) is 6.42 Å². The van der Waals surface area contributed by atoms with Crippen LogP contribution in [-0.4, -0.2) is 47.6 Å². The van der Waals surface area contributed by atoms with E-state index in [1.165, 1.54) is 11.8 Å². The summed E-state index contributed by atoms with van der Waals surface area (Å²) >= 11 is 1.31. The molecule has 3 nitrogen and oxygen atoms in total. The summed E-state index contributed by atoms with van der Waals surface area (Å²) in [5.74, 6) is 0. The van der Waals surface area contributed by atoms with Gasteiger partial charge in [-0.15, -0.1) is 0 Å². The first-order valence-electron chi connectivity index (χ1n) is 6.05. The Hall–Kier alpha value is -0.0600. The number of morpholine rings is 1. The number of carbonyl (C=O) groups is 1. The average Bonchev–Trinajstić information content (AvgIpc) is 2.27. The van der Waals surface area contributed by atoms with E-state index in [0.717, 1.165) is 32.8 Å². The number of rotatable bonds is 3. The van der Waals surface area contributed by atoms with Crippen LogP contribution in [0.25, 0.3) is 0 Å². The zero-order chi connectivity index (χ0) is 12.0. The molecule has 15 heavy (non-hydrogen) atoms. The molecule has 0 bridgehead atoms. The highest BCUT2D eigenvalue weighted by atomic mass is 32.2. The number of hydrogen-bond acceptors (Lipinski definition) is 4. The lowest BCUT2D eigenvalue weighted by atomic mass is 10.3. The minimum absolute atomic E-state index is 0.198. The van der Waals surface area contributed by atoms with Crippen LogP contribution in [0.2, 0.25) is 0 Å². The summed E-state index contributed by atoms with van der Waals surface area (Å²) in [7, 11) is 0. The fraction of sp³-hybridized carbons (Fsp3) is 0.909. The van der Waals surface area contributed by atoms with Crippen LogP contribution in [0.15, 0.2) is 0 Å². The minimum Gasteiger partial charge on any atom is -0.379 e. The topological polar surface area (TPSA) is 29.5 Å². The lowest BCUT2D eigenvalue weighted by Gasteiger charge is -2.26. The number of thioether (sulfide) groups is 1. The van der Waals surface area contributed by atoms with Gasteiger partial charge in [-0.3, -0.25) is 9.69 Å². The summed E-state index contributed by atoms with van der Waals surface area (Å²) in [6.45, 7) is 8.40. The van der Waals surface area contributed by atoms with E-state index < -0.39 is 0 Å². The molecule has 0 atom stereocenters. The minimum atomic E-state index is -0.248. The standard InChI is InChI=1S/C11H21NO2S/c1-11(2,3)15-10(13)4-5-12-6-8-14-9-7-12/h4-9H2,1-3H3/i1T. The van der Waals surface area contributed by atoms with Gasteiger partial charge in [0, 0.05) is 32.2 Å². The first kappa shape index (κ1) is 11.4. The summed E-state index contributed by atoms with van der Waals surface area (Å²) in [6.07, 6.45) is 0.577. The summed E-state index contributed by atoms with van der Waals surface area (Å²) in [5, 5.41) is 0.198. The smallest absolute Gasteiger partial charge is 0.190 e. The SMILES string of the molecule is [3H]CC(C)(C)SC(=O)CCN1CCOCC1. The summed E-state index contributed by atoms with van der Waals surface area (Å²) < 4.78 is 12.3. The molecule has 0 aromatic carbocycles. The lowest BCUT2D eigenvalue weighted by Crippen LogP contribution is -2.37. The van der Waals surface area contributed by atoms with Crippen molar-refractivity contribution in [2.24, 2.45) is 0 Å². The van der Waals surface area contributed by atoms with E-state index in [-0.39, 0.29) is 16.8 Å². The van der Waals surface area contributed by atoms with Gasteiger partial charge in [-0.2, -0.15) is 0 Å². The van der Waals surface area contributed by atoms with Gasteiger partial charge >= 0.3 is 0 Å². The van der Waals surface area contributed by atoms with Crippen LogP contribution < -0.4 is 0 Å². The molecule has 0 spiro atoms. The monoisotopic (exact) mass is 233 g/mol. The third kappa shape index (κ3) is 6.17. The quantitative estimate of drug-likeness (QED) is 0.743. The van der Waals surface area contributed by atoms with Gasteiger partial charge in [0.1, 0.15) is 0 Å². The molecule has 0 aromatic heterocycles. The highest BCUT2D eigenvalue weighted by molar-refractivity contribution is 8.14. The van der Waals surface area contributed by atoms with Crippen molar-refractivity contribution in [2.45, 2.75) is 31.9 Å². The molecule has 0 radical (unpaired) electrons. The predicted octanol–water partition coefficient (Wildman–Crippen LogP) is 1.77. The normalized spacial score (nSPS) is 20.0. The molecular weight excluding hydrogens is 210 g/mol. The maximum Gasteiger partial charge on any atom is 0.190 e. The Morgan fingerprint density at radius 3 is 2.80 bits per heavy atom. The Labute approximate surface area is 97.9 Å². The zero-order valence-electron chi connectivity index (χ0n) is 10.6. The van der Waals surface area contributed by atoms with E-state index >= 15 is 0 Å². The third-order valence-corrected chi connectivity index (χ3v) is 3.11. The van der Waals surface area contributed by atoms with Crippen LogP contribution in [0.4, 0.5) is 0 Å². The molecule has 1 rings (SSSR count). The Bertz CT molecular complexity index is 230. The van der Waals surface area contributed by atoms with Crippen molar-refractivity contribution < 1.29 is 10.9 Å². The Kier molecular flexibility index (Phi) is 4.47. The number of ether oxygens (including phenoxy) is 1. The van der Waals surface area contributed by atoms with Gasteiger partial charge < -0.3 is 4.74 Å². The zero-order valence-corrected chi connectivity index (χ0v) is 10.4. The van der Waals surface area contributed by atoms with Crippen molar-refractivity contribution in [1.29, 1.82) is 0 Å². The van der Waals surface area contributed by atoms with Gasteiger partial charge in [-0.05, 0) is 0 Å². The molecule has 1 saturated heterocycles. The van der Waals surface area contributed by atoms with Gasteiger partial charge in [-0.25, -0.2) is 0 Å². The number of nitrogens with zero attached hydrogens (tertiary/aromatic N) is 1. The molecule has 1 aliphatic heterocycles. The summed E-state index contributed by atoms with van der Waals surface area (Å²) in [6, 6.07) is 0. The molecule has 1 heterocycles. The van der Waals surface area contributed by atoms with Crippen LogP contribution in [0, 0.1) is 0 Å². The van der Waals surface area contributed by atoms with Crippen molar-refractivity contribution in [3.8, 4) is 0 Å². The van der Waals surface area contributed by atoms with Crippen LogP contribution in [0.5, 0.6) is 0 Å². The fourth-order valence-corrected chi connectivity index (χ4v) is 2.24. The van der Waals surface area contributed by atoms with Crippen LogP contribution in [-0.2, 0) is 9.53 Å². The first-order chi connectivity index (χ1) is 7.53. The fourth-order valence-electron chi connectivity index (χ4n) is 1.43. The van der Waals surface area contributed by atoms with Gasteiger partial charge in [0.25, 0.3) is 0 Å². The van der Waals surface area contributed by atoms with Crippen molar-refractivity contribution in [2.75, 3.05) is 32.8 Å². The molecule has 0 N–H and O–H groups in total. The van der Waals surface area contributed by atoms with Gasteiger partial charge in [-0.1, -0.05) is 32.5 Å². The van der Waals surface area contributed by atoms with Crippen LogP contribution in [0.3, 0.4) is 0 Å². The molecule has 0 amide bonds. The molecular formula is C11H21NO2S. The van der Waals surface area contributed by atoms with E-state index in [9.17, 15) is 4.79 Å². The third-order valence-electron chi connectivity index (χ3n) is 2.13. The Balaban J connectivity index is 2.19. The molecule has 1 aliphatic rings.